The van der Waals surface area contributed by atoms with E-state index in [0.29, 0.717) is 11.3 Å². The first-order chi connectivity index (χ1) is 11.8. The van der Waals surface area contributed by atoms with E-state index in [2.05, 4.69) is 20.3 Å². The van der Waals surface area contributed by atoms with Crippen LogP contribution in [0.5, 0.6) is 0 Å². The van der Waals surface area contributed by atoms with Crippen molar-refractivity contribution in [2.45, 2.75) is 31.0 Å². The first-order valence-corrected chi connectivity index (χ1v) is 7.41. The summed E-state index contributed by atoms with van der Waals surface area (Å²) in [6, 6.07) is 0. The van der Waals surface area contributed by atoms with Crippen LogP contribution in [0.1, 0.15) is 6.23 Å². The molecule has 2 saturated heterocycles. The summed E-state index contributed by atoms with van der Waals surface area (Å²) in [5.74, 6) is 0. The minimum absolute atomic E-state index is 0.196. The Kier molecular flexibility index (Phi) is 3.05. The van der Waals surface area contributed by atoms with Crippen molar-refractivity contribution in [3.63, 3.8) is 0 Å². The van der Waals surface area contributed by atoms with Gasteiger partial charge in [0.2, 0.25) is 0 Å². The summed E-state index contributed by atoms with van der Waals surface area (Å²) >= 11 is 0. The maximum Gasteiger partial charge on any atom is 0.272 e. The Bertz CT molecular complexity index is 895. The van der Waals surface area contributed by atoms with Crippen molar-refractivity contribution in [2.24, 2.45) is 0 Å². The molecule has 5 rings (SSSR count). The van der Waals surface area contributed by atoms with E-state index in [1.807, 2.05) is 0 Å². The quantitative estimate of drug-likeness (QED) is 0.648. The summed E-state index contributed by atoms with van der Waals surface area (Å²) in [7, 11) is 1.49. The smallest absolute Gasteiger partial charge is 0.272 e. The molecule has 0 amide bonds. The molecule has 0 aliphatic carbocycles. The zero-order chi connectivity index (χ0) is 16.3. The molecule has 24 heavy (non-hydrogen) atoms. The minimum atomic E-state index is -0.793. The molecule has 0 spiro atoms. The van der Waals surface area contributed by atoms with Crippen molar-refractivity contribution in [3.8, 4) is 0 Å². The van der Waals surface area contributed by atoms with Crippen molar-refractivity contribution >= 4 is 16.7 Å². The van der Waals surface area contributed by atoms with Gasteiger partial charge in [0.05, 0.1) is 18.2 Å². The number of aliphatic hydroxyl groups is 1. The molecule has 2 aliphatic rings. The molecule has 126 valence electrons. The molecule has 5 atom stereocenters. The van der Waals surface area contributed by atoms with Gasteiger partial charge in [0.25, 0.3) is 6.48 Å². The van der Waals surface area contributed by atoms with Gasteiger partial charge < -0.3 is 24.1 Å². The average Bonchev–Trinajstić information content (AvgIpc) is 3.34. The Morgan fingerprint density at radius 1 is 1.21 bits per heavy atom. The van der Waals surface area contributed by atoms with Gasteiger partial charge in [-0.1, -0.05) is 0 Å². The Morgan fingerprint density at radius 3 is 2.92 bits per heavy atom. The van der Waals surface area contributed by atoms with Crippen molar-refractivity contribution in [1.29, 1.82) is 0 Å². The first-order valence-electron chi connectivity index (χ1n) is 7.41. The van der Waals surface area contributed by atoms with E-state index in [1.54, 1.807) is 27.9 Å². The third kappa shape index (κ3) is 1.84. The minimum Gasteiger partial charge on any atom is -0.394 e. The van der Waals surface area contributed by atoms with Gasteiger partial charge in [-0.2, -0.15) is 5.10 Å². The van der Waals surface area contributed by atoms with Crippen molar-refractivity contribution in [1.82, 2.24) is 29.4 Å². The number of hydrogen-bond donors (Lipinski definition) is 1. The molecular formula is C13H14N6O5. The lowest BCUT2D eigenvalue weighted by Gasteiger charge is -2.19. The lowest BCUT2D eigenvalue weighted by atomic mass is 10.1. The number of hydrogen-bond acceptors (Lipinski definition) is 9. The van der Waals surface area contributed by atoms with Crippen LogP contribution in [-0.2, 0) is 18.9 Å². The standard InChI is InChI=1S/C13H14N6O5/c1-21-13-23-8-7(3-20)22-12(9(8)24-13)19-10-6(2-16-19)11-17-15-5-18(11)4-14-10/h2,4-5,7-9,12-13,20H,3H2,1H3. The van der Waals surface area contributed by atoms with Crippen LogP contribution in [0.4, 0.5) is 0 Å². The zero-order valence-corrected chi connectivity index (χ0v) is 12.6. The normalized spacial score (nSPS) is 32.8. The van der Waals surface area contributed by atoms with E-state index in [0.717, 1.165) is 5.39 Å². The Morgan fingerprint density at radius 2 is 2.08 bits per heavy atom. The van der Waals surface area contributed by atoms with Gasteiger partial charge in [-0.15, -0.1) is 10.2 Å². The maximum atomic E-state index is 9.55. The third-order valence-corrected chi connectivity index (χ3v) is 4.32. The van der Waals surface area contributed by atoms with Crippen molar-refractivity contribution < 1.29 is 24.1 Å². The summed E-state index contributed by atoms with van der Waals surface area (Å²) in [6.45, 7) is -0.989. The molecule has 0 radical (unpaired) electrons. The first kappa shape index (κ1) is 14.2. The average molecular weight is 334 g/mol. The molecule has 5 heterocycles. The Labute approximate surface area is 134 Å². The molecule has 0 saturated carbocycles. The van der Waals surface area contributed by atoms with Crippen LogP contribution in [-0.4, -0.2) is 73.0 Å². The second-order valence-corrected chi connectivity index (χ2v) is 5.61. The number of rotatable bonds is 3. The van der Waals surface area contributed by atoms with Crippen LogP contribution in [0, 0.1) is 0 Å². The number of aromatic nitrogens is 6. The fraction of sp³-hybridized carbons (Fsp3) is 0.538. The second kappa shape index (κ2) is 5.16. The topological polar surface area (TPSA) is 118 Å². The predicted molar refractivity (Wildman–Crippen MR) is 75.6 cm³/mol. The van der Waals surface area contributed by atoms with Gasteiger partial charge >= 0.3 is 0 Å². The Balaban J connectivity index is 1.59. The van der Waals surface area contributed by atoms with Gasteiger partial charge in [0.15, 0.2) is 17.5 Å². The molecule has 0 aromatic carbocycles. The van der Waals surface area contributed by atoms with Crippen LogP contribution in [0.3, 0.4) is 0 Å². The summed E-state index contributed by atoms with van der Waals surface area (Å²) in [6.07, 6.45) is 2.79. The van der Waals surface area contributed by atoms with Gasteiger partial charge in [-0.25, -0.2) is 9.67 Å². The zero-order valence-electron chi connectivity index (χ0n) is 12.6. The number of nitrogens with zero attached hydrogens (tertiary/aromatic N) is 6. The number of aliphatic hydroxyl groups excluding tert-OH is 1. The molecule has 1 N–H and O–H groups in total. The van der Waals surface area contributed by atoms with Crippen LogP contribution in [0.25, 0.3) is 16.7 Å². The molecule has 5 unspecified atom stereocenters. The lowest BCUT2D eigenvalue weighted by Crippen LogP contribution is -2.31. The number of ether oxygens (including phenoxy) is 4. The molecule has 3 aromatic rings. The van der Waals surface area contributed by atoms with Crippen LogP contribution >= 0.6 is 0 Å². The van der Waals surface area contributed by atoms with E-state index in [9.17, 15) is 5.11 Å². The maximum absolute atomic E-state index is 9.55. The highest BCUT2D eigenvalue weighted by Crippen LogP contribution is 2.40. The van der Waals surface area contributed by atoms with Crippen LogP contribution < -0.4 is 0 Å². The molecule has 2 aliphatic heterocycles. The monoisotopic (exact) mass is 334 g/mol. The summed E-state index contributed by atoms with van der Waals surface area (Å²) in [5, 5.41) is 22.6. The van der Waals surface area contributed by atoms with Gasteiger partial charge in [0, 0.05) is 7.11 Å². The molecule has 3 aromatic heterocycles. The highest BCUT2D eigenvalue weighted by atomic mass is 16.9. The third-order valence-electron chi connectivity index (χ3n) is 4.32. The Hall–Kier alpha value is -2.18. The molecule has 11 nitrogen and oxygen atoms in total. The summed E-state index contributed by atoms with van der Waals surface area (Å²) < 4.78 is 25.6. The highest BCUT2D eigenvalue weighted by molar-refractivity contribution is 5.88. The van der Waals surface area contributed by atoms with Gasteiger partial charge in [0.1, 0.15) is 31.0 Å². The summed E-state index contributed by atoms with van der Waals surface area (Å²) in [5.41, 5.74) is 1.24. The SMILES string of the molecule is COC1OC2C(CO)OC(n3ncc4c3ncn3cnnc43)C2O1. The highest BCUT2D eigenvalue weighted by Gasteiger charge is 2.54. The lowest BCUT2D eigenvalue weighted by molar-refractivity contribution is -0.257. The fourth-order valence-corrected chi connectivity index (χ4v) is 3.23. The largest absolute Gasteiger partial charge is 0.394 e. The second-order valence-electron chi connectivity index (χ2n) is 5.61. The predicted octanol–water partition coefficient (Wildman–Crippen LogP) is -0.922. The molecule has 0 bridgehead atoms. The molecule has 11 heteroatoms. The summed E-state index contributed by atoms with van der Waals surface area (Å²) in [4.78, 5) is 4.40. The van der Waals surface area contributed by atoms with E-state index < -0.39 is 31.0 Å². The van der Waals surface area contributed by atoms with Gasteiger partial charge in [-0.3, -0.25) is 4.40 Å². The van der Waals surface area contributed by atoms with E-state index in [1.165, 1.54) is 7.11 Å². The number of methoxy groups -OCH3 is 1. The van der Waals surface area contributed by atoms with Crippen LogP contribution in [0.2, 0.25) is 0 Å². The van der Waals surface area contributed by atoms with E-state index >= 15 is 0 Å². The van der Waals surface area contributed by atoms with Gasteiger partial charge in [-0.05, 0) is 0 Å². The van der Waals surface area contributed by atoms with E-state index in [4.69, 9.17) is 18.9 Å². The molecular weight excluding hydrogens is 320 g/mol. The van der Waals surface area contributed by atoms with Crippen LogP contribution in [0.15, 0.2) is 18.9 Å². The van der Waals surface area contributed by atoms with E-state index in [-0.39, 0.29) is 6.61 Å². The fourth-order valence-electron chi connectivity index (χ4n) is 3.23. The van der Waals surface area contributed by atoms with Crippen molar-refractivity contribution in [2.75, 3.05) is 13.7 Å². The number of fused-ring (bicyclic) bond motifs is 4. The van der Waals surface area contributed by atoms with Crippen molar-refractivity contribution in [3.05, 3.63) is 18.9 Å². The molecule has 2 fully saturated rings.